The summed E-state index contributed by atoms with van der Waals surface area (Å²) in [6.07, 6.45) is 1.91. The average Bonchev–Trinajstić information content (AvgIpc) is 2.95. The van der Waals surface area contributed by atoms with Crippen molar-refractivity contribution in [2.24, 2.45) is 0 Å². The molecule has 4 rings (SSSR count). The number of sulfonamides is 1. The molecule has 0 amide bonds. The van der Waals surface area contributed by atoms with Gasteiger partial charge in [0, 0.05) is 0 Å². The van der Waals surface area contributed by atoms with Crippen molar-refractivity contribution in [3.8, 4) is 0 Å². The summed E-state index contributed by atoms with van der Waals surface area (Å²) in [7, 11) is 5.96. The van der Waals surface area contributed by atoms with E-state index in [2.05, 4.69) is 53.4 Å². The maximum atomic E-state index is 13.5. The number of rotatable bonds is 11. The Morgan fingerprint density at radius 3 is 1.79 bits per heavy atom. The predicted octanol–water partition coefficient (Wildman–Crippen LogP) is 7.66. The molecule has 0 bridgehead atoms. The van der Waals surface area contributed by atoms with Crippen LogP contribution in [0.5, 0.6) is 0 Å². The first kappa shape index (κ1) is 31.5. The van der Waals surface area contributed by atoms with Crippen LogP contribution in [0.15, 0.2) is 114 Å². The summed E-state index contributed by atoms with van der Waals surface area (Å²) in [6, 6.07) is 34.6. The first-order valence-electron chi connectivity index (χ1n) is 12.7. The van der Waals surface area contributed by atoms with Gasteiger partial charge in [0.15, 0.2) is 0 Å². The van der Waals surface area contributed by atoms with Crippen LogP contribution < -0.4 is 10.0 Å². The minimum absolute atomic E-state index is 0.245. The van der Waals surface area contributed by atoms with Gasteiger partial charge < -0.3 is 5.32 Å². The van der Waals surface area contributed by atoms with Gasteiger partial charge in [-0.25, -0.2) is 13.1 Å². The molecule has 0 saturated carbocycles. The van der Waals surface area contributed by atoms with E-state index in [0.29, 0.717) is 0 Å². The topological polar surface area (TPSA) is 58.2 Å². The molecule has 39 heavy (non-hydrogen) atoms. The third kappa shape index (κ3) is 9.82. The molecule has 0 aliphatic rings. The zero-order valence-electron chi connectivity index (χ0n) is 22.0. The van der Waals surface area contributed by atoms with E-state index in [1.165, 1.54) is 11.1 Å². The van der Waals surface area contributed by atoms with Crippen LogP contribution in [0.25, 0.3) is 0 Å². The van der Waals surface area contributed by atoms with Gasteiger partial charge in [-0.15, -0.1) is 0 Å². The second-order valence-electron chi connectivity index (χ2n) is 9.25. The summed E-state index contributed by atoms with van der Waals surface area (Å²) in [4.78, 5) is 0.264. The third-order valence-electron chi connectivity index (χ3n) is 6.51. The van der Waals surface area contributed by atoms with E-state index in [9.17, 15) is 8.42 Å². The number of nitrogens with one attached hydrogen (secondary N) is 2. The van der Waals surface area contributed by atoms with Crippen LogP contribution in [0.1, 0.15) is 46.3 Å². The van der Waals surface area contributed by atoms with Crippen molar-refractivity contribution in [2.45, 2.75) is 43.7 Å². The Morgan fingerprint density at radius 2 is 1.23 bits per heavy atom. The molecule has 0 spiro atoms. The van der Waals surface area contributed by atoms with Gasteiger partial charge in [0.1, 0.15) is 0 Å². The quantitative estimate of drug-likeness (QED) is 0.127. The number of hydrogen-bond acceptors (Lipinski definition) is 3. The van der Waals surface area contributed by atoms with Gasteiger partial charge in [-0.05, 0) is 67.6 Å². The zero-order valence-corrected chi connectivity index (χ0v) is 26.1. The Morgan fingerprint density at radius 1 is 0.718 bits per heavy atom. The Hall–Kier alpha value is -2.05. The summed E-state index contributed by atoms with van der Waals surface area (Å²) in [5, 5.41) is 3.68. The second-order valence-corrected chi connectivity index (χ2v) is 13.6. The molecule has 2 atom stereocenters. The monoisotopic (exact) mass is 670 g/mol. The van der Waals surface area contributed by atoms with Crippen LogP contribution in [0.2, 0.25) is 0 Å². The van der Waals surface area contributed by atoms with E-state index in [-0.39, 0.29) is 26.1 Å². The van der Waals surface area contributed by atoms with Crippen LogP contribution in [0.3, 0.4) is 0 Å². The van der Waals surface area contributed by atoms with Crippen molar-refractivity contribution < 1.29 is 23.6 Å². The summed E-state index contributed by atoms with van der Waals surface area (Å²) in [6.45, 7) is 4.84. The van der Waals surface area contributed by atoms with Gasteiger partial charge in [-0.2, -0.15) is 0 Å². The van der Waals surface area contributed by atoms with E-state index in [0.717, 1.165) is 36.1 Å². The summed E-state index contributed by atoms with van der Waals surface area (Å²) in [5.74, 6) is 0. The molecule has 2 N–H and O–H groups in total. The van der Waals surface area contributed by atoms with Gasteiger partial charge in [0.05, 0.1) is 17.0 Å². The Bertz CT molecular complexity index is 1370. The normalized spacial score (nSPS) is 12.8. The molecule has 0 fully saturated rings. The molecule has 0 unspecified atom stereocenters. The van der Waals surface area contributed by atoms with Crippen LogP contribution in [-0.4, -0.2) is 15.0 Å². The van der Waals surface area contributed by atoms with E-state index in [4.69, 9.17) is 19.4 Å². The second kappa shape index (κ2) is 16.3. The van der Waals surface area contributed by atoms with Gasteiger partial charge in [0.2, 0.25) is 10.0 Å². The van der Waals surface area contributed by atoms with Crippen molar-refractivity contribution in [1.29, 1.82) is 0 Å². The molecule has 4 nitrogen and oxygen atoms in total. The summed E-state index contributed by atoms with van der Waals surface area (Å²) < 4.78 is 30.0. The summed E-state index contributed by atoms with van der Waals surface area (Å²) >= 11 is -0.346. The average molecular weight is 671 g/mol. The van der Waals surface area contributed by atoms with Gasteiger partial charge in [-0.3, -0.25) is 0 Å². The molecule has 4 aromatic carbocycles. The molecule has 0 aliphatic carbocycles. The van der Waals surface area contributed by atoms with E-state index >= 15 is 0 Å². The van der Waals surface area contributed by atoms with Crippen molar-refractivity contribution in [1.82, 2.24) is 10.0 Å². The molecular formula is C31H34Cl2N2O2RuS. The number of benzene rings is 4. The van der Waals surface area contributed by atoms with Crippen molar-refractivity contribution in [2.75, 3.05) is 6.54 Å². The molecule has 0 heterocycles. The first-order chi connectivity index (χ1) is 18.9. The SMILES string of the molecule is Cc1ccc(S(=O)(=O)N[C@@H](c2ccccc2)[C@@H](NCCCc2ccccc2C)c2ccccc2)cc1.[Cl][Ru][Cl]. The molecule has 208 valence electrons. The van der Waals surface area contributed by atoms with E-state index in [1.54, 1.807) is 12.1 Å². The molecule has 0 radical (unpaired) electrons. The number of halogens is 2. The fourth-order valence-electron chi connectivity index (χ4n) is 4.46. The molecule has 8 heteroatoms. The number of hydrogen-bond donors (Lipinski definition) is 2. The van der Waals surface area contributed by atoms with Gasteiger partial charge >= 0.3 is 34.5 Å². The molecular weight excluding hydrogens is 636 g/mol. The van der Waals surface area contributed by atoms with Crippen LogP contribution in [0, 0.1) is 13.8 Å². The van der Waals surface area contributed by atoms with Gasteiger partial charge in [0.25, 0.3) is 0 Å². The standard InChI is InChI=1S/C31H34N2O2S.2ClH.Ru/c1-24-19-21-29(22-20-24)36(34,35)33-31(28-16-7-4-8-17-28)30(27-14-5-3-6-15-27)32-23-11-18-26-13-10-9-12-25(26)2;;;/h3-10,12-17,19-22,30-33H,11,18,23H2,1-2H3;2*1H;/q;;;+2/p-2/t30-,31-;;;/m0.../s1. The van der Waals surface area contributed by atoms with Gasteiger partial charge in [-0.1, -0.05) is 103 Å². The van der Waals surface area contributed by atoms with Crippen LogP contribution >= 0.6 is 19.4 Å². The Balaban J connectivity index is 0.00000134. The molecule has 0 saturated heterocycles. The fourth-order valence-corrected chi connectivity index (χ4v) is 5.69. The zero-order chi connectivity index (χ0) is 28.1. The Labute approximate surface area is 248 Å². The Kier molecular flexibility index (Phi) is 13.1. The van der Waals surface area contributed by atoms with Crippen LogP contribution in [-0.2, 0) is 31.6 Å². The maximum absolute atomic E-state index is 13.5. The third-order valence-corrected chi connectivity index (χ3v) is 7.97. The minimum atomic E-state index is -3.75. The van der Waals surface area contributed by atoms with Crippen molar-refractivity contribution in [3.05, 3.63) is 137 Å². The number of aryl methyl sites for hydroxylation is 3. The first-order valence-corrected chi connectivity index (χ1v) is 18.6. The fraction of sp³-hybridized carbons (Fsp3) is 0.226. The summed E-state index contributed by atoms with van der Waals surface area (Å²) in [5.41, 5.74) is 5.61. The van der Waals surface area contributed by atoms with E-state index < -0.39 is 16.1 Å². The van der Waals surface area contributed by atoms with E-state index in [1.807, 2.05) is 67.6 Å². The molecule has 0 aliphatic heterocycles. The van der Waals surface area contributed by atoms with Crippen molar-refractivity contribution >= 4 is 29.4 Å². The molecule has 4 aromatic rings. The van der Waals surface area contributed by atoms with Crippen molar-refractivity contribution in [3.63, 3.8) is 0 Å². The van der Waals surface area contributed by atoms with Crippen LogP contribution in [0.4, 0.5) is 0 Å². The predicted molar refractivity (Wildman–Crippen MR) is 159 cm³/mol. The molecule has 0 aromatic heterocycles.